The average molecular weight is 289 g/mol. The van der Waals surface area contributed by atoms with Crippen LogP contribution in [0.15, 0.2) is 42.5 Å². The lowest BCUT2D eigenvalue weighted by Crippen LogP contribution is -2.02. The smallest absolute Gasteiger partial charge is 0.276 e. The van der Waals surface area contributed by atoms with E-state index in [1.54, 1.807) is 18.2 Å². The first-order valence-corrected chi connectivity index (χ1v) is 6.14. The number of nitrogens with zero attached hydrogens (tertiary/aromatic N) is 1. The Morgan fingerprint density at radius 1 is 1.29 bits per heavy atom. The molecule has 2 aromatic carbocycles. The summed E-state index contributed by atoms with van der Waals surface area (Å²) in [6.45, 7) is 1.27. The molecule has 0 bridgehead atoms. The molecule has 21 heavy (non-hydrogen) atoms. The zero-order valence-electron chi connectivity index (χ0n) is 11.2. The van der Waals surface area contributed by atoms with Crippen LogP contribution in [0.25, 0.3) is 0 Å². The number of ether oxygens (including phenoxy) is 1. The van der Waals surface area contributed by atoms with Crippen LogP contribution in [0.5, 0.6) is 5.75 Å². The van der Waals surface area contributed by atoms with Gasteiger partial charge in [0.05, 0.1) is 10.5 Å². The molecule has 108 valence electrons. The minimum atomic E-state index is -0.593. The summed E-state index contributed by atoms with van der Waals surface area (Å²) in [5, 5.41) is 10.9. The number of Topliss-reactive ketones (excluding diaryl/α,β-unsaturated/α-hetero) is 1. The summed E-state index contributed by atoms with van der Waals surface area (Å²) < 4.78 is 18.6. The summed E-state index contributed by atoms with van der Waals surface area (Å²) in [5.74, 6) is -0.296. The van der Waals surface area contributed by atoms with E-state index in [1.165, 1.54) is 13.0 Å². The number of rotatable bonds is 5. The van der Waals surface area contributed by atoms with E-state index in [2.05, 4.69) is 0 Å². The number of carbonyl (C=O) groups excluding carboxylic acids is 1. The summed E-state index contributed by atoms with van der Waals surface area (Å²) in [4.78, 5) is 21.5. The van der Waals surface area contributed by atoms with Gasteiger partial charge in [0.2, 0.25) is 0 Å². The van der Waals surface area contributed by atoms with Crippen LogP contribution >= 0.6 is 0 Å². The largest absolute Gasteiger partial charge is 0.489 e. The Morgan fingerprint density at radius 2 is 2.05 bits per heavy atom. The van der Waals surface area contributed by atoms with Crippen LogP contribution < -0.4 is 4.74 Å². The van der Waals surface area contributed by atoms with Crippen LogP contribution in [0, 0.1) is 15.9 Å². The molecule has 2 aromatic rings. The van der Waals surface area contributed by atoms with E-state index in [9.17, 15) is 19.3 Å². The van der Waals surface area contributed by atoms with Gasteiger partial charge in [-0.15, -0.1) is 0 Å². The Balaban J connectivity index is 2.20. The third-order valence-electron chi connectivity index (χ3n) is 2.87. The maximum Gasteiger partial charge on any atom is 0.276 e. The molecule has 0 aliphatic carbocycles. The summed E-state index contributed by atoms with van der Waals surface area (Å²) in [6, 6.07) is 9.63. The summed E-state index contributed by atoms with van der Waals surface area (Å²) in [5.41, 5.74) is 0.397. The quantitative estimate of drug-likeness (QED) is 0.480. The molecule has 0 saturated heterocycles. The van der Waals surface area contributed by atoms with Gasteiger partial charge in [0, 0.05) is 11.6 Å². The number of nitro benzene ring substituents is 1. The fourth-order valence-electron chi connectivity index (χ4n) is 1.81. The zero-order chi connectivity index (χ0) is 15.4. The molecule has 6 heteroatoms. The Bertz CT molecular complexity index is 700. The number of benzene rings is 2. The van der Waals surface area contributed by atoms with Crippen molar-refractivity contribution < 1.29 is 18.8 Å². The van der Waals surface area contributed by atoms with Crippen LogP contribution in [-0.2, 0) is 6.61 Å². The lowest BCUT2D eigenvalue weighted by Gasteiger charge is -2.08. The van der Waals surface area contributed by atoms with E-state index in [0.717, 1.165) is 18.2 Å². The zero-order valence-corrected chi connectivity index (χ0v) is 11.2. The molecule has 0 spiro atoms. The Morgan fingerprint density at radius 3 is 2.71 bits per heavy atom. The SMILES string of the molecule is CC(=O)c1cccc(OCc2cc(F)ccc2[N+](=O)[O-])c1. The van der Waals surface area contributed by atoms with Gasteiger partial charge in [-0.2, -0.15) is 0 Å². The monoisotopic (exact) mass is 289 g/mol. The first-order valence-electron chi connectivity index (χ1n) is 6.14. The lowest BCUT2D eigenvalue weighted by atomic mass is 10.1. The van der Waals surface area contributed by atoms with Crippen molar-refractivity contribution in [1.82, 2.24) is 0 Å². The third kappa shape index (κ3) is 3.62. The van der Waals surface area contributed by atoms with Gasteiger partial charge < -0.3 is 4.74 Å². The second kappa shape index (κ2) is 6.13. The fraction of sp³-hybridized carbons (Fsp3) is 0.133. The number of halogens is 1. The molecule has 0 aliphatic rings. The number of nitro groups is 1. The van der Waals surface area contributed by atoms with Gasteiger partial charge in [0.25, 0.3) is 5.69 Å². The highest BCUT2D eigenvalue weighted by Gasteiger charge is 2.15. The van der Waals surface area contributed by atoms with Gasteiger partial charge in [-0.3, -0.25) is 14.9 Å². The van der Waals surface area contributed by atoms with Crippen LogP contribution in [0.3, 0.4) is 0 Å². The van der Waals surface area contributed by atoms with E-state index in [1.807, 2.05) is 0 Å². The van der Waals surface area contributed by atoms with Crippen LogP contribution in [0.2, 0.25) is 0 Å². The van der Waals surface area contributed by atoms with E-state index < -0.39 is 10.7 Å². The Kier molecular flexibility index (Phi) is 4.27. The van der Waals surface area contributed by atoms with Gasteiger partial charge in [-0.1, -0.05) is 12.1 Å². The molecule has 0 unspecified atom stereocenters. The van der Waals surface area contributed by atoms with Gasteiger partial charge >= 0.3 is 0 Å². The first-order chi connectivity index (χ1) is 9.97. The second-order valence-electron chi connectivity index (χ2n) is 4.40. The highest BCUT2D eigenvalue weighted by Crippen LogP contribution is 2.22. The van der Waals surface area contributed by atoms with Gasteiger partial charge in [-0.25, -0.2) is 4.39 Å². The Labute approximate surface area is 120 Å². The fourth-order valence-corrected chi connectivity index (χ4v) is 1.81. The standard InChI is InChI=1S/C15H12FNO4/c1-10(18)11-3-2-4-14(8-11)21-9-12-7-13(16)5-6-15(12)17(19)20/h2-8H,9H2,1H3. The summed E-state index contributed by atoms with van der Waals surface area (Å²) in [6.07, 6.45) is 0. The van der Waals surface area contributed by atoms with E-state index in [4.69, 9.17) is 4.74 Å². The molecule has 5 nitrogen and oxygen atoms in total. The molecule has 2 rings (SSSR count). The van der Waals surface area contributed by atoms with Crippen molar-refractivity contribution in [3.63, 3.8) is 0 Å². The molecule has 0 amide bonds. The van der Waals surface area contributed by atoms with E-state index in [0.29, 0.717) is 11.3 Å². The highest BCUT2D eigenvalue weighted by atomic mass is 19.1. The highest BCUT2D eigenvalue weighted by molar-refractivity contribution is 5.94. The molecular formula is C15H12FNO4. The molecule has 0 aliphatic heterocycles. The molecule has 0 heterocycles. The predicted octanol–water partition coefficient (Wildman–Crippen LogP) is 3.52. The predicted molar refractivity (Wildman–Crippen MR) is 73.8 cm³/mol. The van der Waals surface area contributed by atoms with Crippen molar-refractivity contribution in [3.05, 3.63) is 69.5 Å². The summed E-state index contributed by atoms with van der Waals surface area (Å²) in [7, 11) is 0. The number of hydrogen-bond donors (Lipinski definition) is 0. The maximum absolute atomic E-state index is 13.2. The van der Waals surface area contributed by atoms with Gasteiger partial charge in [0.1, 0.15) is 18.2 Å². The third-order valence-corrected chi connectivity index (χ3v) is 2.87. The molecule has 0 atom stereocenters. The lowest BCUT2D eigenvalue weighted by molar-refractivity contribution is -0.385. The second-order valence-corrected chi connectivity index (χ2v) is 4.40. The van der Waals surface area contributed by atoms with Crippen molar-refractivity contribution >= 4 is 11.5 Å². The Hall–Kier alpha value is -2.76. The van der Waals surface area contributed by atoms with E-state index in [-0.39, 0.29) is 23.6 Å². The molecule has 0 fully saturated rings. The number of ketones is 1. The maximum atomic E-state index is 13.2. The van der Waals surface area contributed by atoms with Crippen molar-refractivity contribution in [3.8, 4) is 5.75 Å². The first kappa shape index (κ1) is 14.6. The van der Waals surface area contributed by atoms with Crippen LogP contribution in [0.1, 0.15) is 22.8 Å². The van der Waals surface area contributed by atoms with Gasteiger partial charge in [-0.05, 0) is 31.2 Å². The van der Waals surface area contributed by atoms with Crippen molar-refractivity contribution in [2.75, 3.05) is 0 Å². The molecule has 0 radical (unpaired) electrons. The molecule has 0 saturated carbocycles. The van der Waals surface area contributed by atoms with Crippen molar-refractivity contribution in [2.24, 2.45) is 0 Å². The van der Waals surface area contributed by atoms with E-state index >= 15 is 0 Å². The van der Waals surface area contributed by atoms with Crippen LogP contribution in [0.4, 0.5) is 10.1 Å². The minimum absolute atomic E-state index is 0.114. The molecule has 0 aromatic heterocycles. The van der Waals surface area contributed by atoms with Gasteiger partial charge in [0.15, 0.2) is 5.78 Å². The molecular weight excluding hydrogens is 277 g/mol. The summed E-state index contributed by atoms with van der Waals surface area (Å²) >= 11 is 0. The van der Waals surface area contributed by atoms with Crippen LogP contribution in [-0.4, -0.2) is 10.7 Å². The number of carbonyl (C=O) groups is 1. The topological polar surface area (TPSA) is 69.4 Å². The number of hydrogen-bond acceptors (Lipinski definition) is 4. The van der Waals surface area contributed by atoms with Crippen molar-refractivity contribution in [2.45, 2.75) is 13.5 Å². The minimum Gasteiger partial charge on any atom is -0.489 e. The molecule has 0 N–H and O–H groups in total. The van der Waals surface area contributed by atoms with Crippen molar-refractivity contribution in [1.29, 1.82) is 0 Å². The normalized spacial score (nSPS) is 10.2. The average Bonchev–Trinajstić information content (AvgIpc) is 2.45.